The average Bonchev–Trinajstić information content (AvgIpc) is 3.14. The summed E-state index contributed by atoms with van der Waals surface area (Å²) in [6.45, 7) is 2.36. The molecule has 1 amide bonds. The summed E-state index contributed by atoms with van der Waals surface area (Å²) >= 11 is 0. The molecule has 0 N–H and O–H groups in total. The van der Waals surface area contributed by atoms with Crippen LogP contribution in [0.5, 0.6) is 5.88 Å². The van der Waals surface area contributed by atoms with E-state index in [0.717, 1.165) is 18.4 Å². The second-order valence-electron chi connectivity index (χ2n) is 5.36. The molecule has 1 aliphatic heterocycles. The molecule has 1 unspecified atom stereocenters. The topological polar surface area (TPSA) is 55.6 Å². The fourth-order valence-corrected chi connectivity index (χ4v) is 2.73. The van der Waals surface area contributed by atoms with Crippen LogP contribution in [0.15, 0.2) is 34.9 Å². The van der Waals surface area contributed by atoms with Gasteiger partial charge in [0.25, 0.3) is 11.8 Å². The van der Waals surface area contributed by atoms with Gasteiger partial charge in [-0.1, -0.05) is 12.1 Å². The monoisotopic (exact) mass is 304 g/mol. The van der Waals surface area contributed by atoms with Crippen LogP contribution in [0, 0.1) is 12.7 Å². The predicted octanol–water partition coefficient (Wildman–Crippen LogP) is 2.86. The first-order chi connectivity index (χ1) is 10.6. The Labute approximate surface area is 127 Å². The molecule has 0 bridgehead atoms. The van der Waals surface area contributed by atoms with Gasteiger partial charge in [-0.3, -0.25) is 4.79 Å². The normalized spacial score (nSPS) is 17.7. The third-order valence-electron chi connectivity index (χ3n) is 3.78. The summed E-state index contributed by atoms with van der Waals surface area (Å²) in [7, 11) is 0. The van der Waals surface area contributed by atoms with Crippen LogP contribution in [0.4, 0.5) is 4.39 Å². The van der Waals surface area contributed by atoms with E-state index in [4.69, 9.17) is 9.26 Å². The van der Waals surface area contributed by atoms with E-state index in [2.05, 4.69) is 5.16 Å². The Hall–Kier alpha value is -2.37. The van der Waals surface area contributed by atoms with Crippen molar-refractivity contribution in [3.05, 3.63) is 47.5 Å². The summed E-state index contributed by atoms with van der Waals surface area (Å²) in [6.07, 6.45) is 1.80. The largest absolute Gasteiger partial charge is 0.465 e. The fraction of sp³-hybridized carbons (Fsp3) is 0.375. The smallest absolute Gasteiger partial charge is 0.261 e. The van der Waals surface area contributed by atoms with E-state index in [0.29, 0.717) is 18.2 Å². The maximum Gasteiger partial charge on any atom is 0.261 e. The highest BCUT2D eigenvalue weighted by molar-refractivity contribution is 5.78. The number of hydrogen-bond donors (Lipinski definition) is 0. The number of ether oxygens (including phenoxy) is 1. The Bertz CT molecular complexity index is 654. The average molecular weight is 304 g/mol. The summed E-state index contributed by atoms with van der Waals surface area (Å²) in [4.78, 5) is 14.1. The molecule has 1 saturated heterocycles. The Morgan fingerprint density at radius 1 is 1.45 bits per heavy atom. The molecule has 1 fully saturated rings. The fourth-order valence-electron chi connectivity index (χ4n) is 2.73. The molecule has 5 nitrogen and oxygen atoms in total. The molecular formula is C16H17FN2O3. The quantitative estimate of drug-likeness (QED) is 0.871. The van der Waals surface area contributed by atoms with Crippen LogP contribution < -0.4 is 4.74 Å². The predicted molar refractivity (Wildman–Crippen MR) is 76.8 cm³/mol. The molecule has 1 atom stereocenters. The number of amides is 1. The number of carbonyl (C=O) groups excluding carboxylic acids is 1. The molecule has 0 spiro atoms. The zero-order chi connectivity index (χ0) is 15.5. The highest BCUT2D eigenvalue weighted by atomic mass is 19.1. The minimum Gasteiger partial charge on any atom is -0.465 e. The summed E-state index contributed by atoms with van der Waals surface area (Å²) in [5, 5.41) is 3.69. The van der Waals surface area contributed by atoms with Crippen LogP contribution in [0.25, 0.3) is 0 Å². The van der Waals surface area contributed by atoms with Crippen molar-refractivity contribution in [3.63, 3.8) is 0 Å². The van der Waals surface area contributed by atoms with Crippen LogP contribution in [-0.2, 0) is 4.79 Å². The van der Waals surface area contributed by atoms with Crippen LogP contribution in [0.3, 0.4) is 0 Å². The second-order valence-corrected chi connectivity index (χ2v) is 5.36. The second kappa shape index (κ2) is 6.17. The van der Waals surface area contributed by atoms with Crippen molar-refractivity contribution >= 4 is 5.91 Å². The molecule has 1 aromatic carbocycles. The van der Waals surface area contributed by atoms with Gasteiger partial charge in [0.05, 0.1) is 6.04 Å². The first-order valence-electron chi connectivity index (χ1n) is 7.24. The summed E-state index contributed by atoms with van der Waals surface area (Å²) < 4.78 is 23.3. The van der Waals surface area contributed by atoms with Crippen LogP contribution in [-0.4, -0.2) is 29.1 Å². The van der Waals surface area contributed by atoms with Crippen LogP contribution >= 0.6 is 0 Å². The maximum atomic E-state index is 13.0. The number of rotatable bonds is 4. The van der Waals surface area contributed by atoms with E-state index < -0.39 is 0 Å². The third kappa shape index (κ3) is 3.10. The minimum absolute atomic E-state index is 0.0178. The van der Waals surface area contributed by atoms with Crippen LogP contribution in [0.2, 0.25) is 0 Å². The Morgan fingerprint density at radius 3 is 2.91 bits per heavy atom. The van der Waals surface area contributed by atoms with E-state index >= 15 is 0 Å². The molecule has 2 aromatic rings. The number of aryl methyl sites for hydroxylation is 1. The standard InChI is InChI=1S/C16H17FN2O3/c1-11-9-15(18-22-11)21-10-16(20)19-8-2-3-14(19)12-4-6-13(17)7-5-12/h4-7,9,14H,2-3,8,10H2,1H3. The lowest BCUT2D eigenvalue weighted by Gasteiger charge is -2.24. The number of benzene rings is 1. The van der Waals surface area contributed by atoms with Gasteiger partial charge in [-0.25, -0.2) is 4.39 Å². The number of carbonyl (C=O) groups is 1. The number of nitrogens with zero attached hydrogens (tertiary/aromatic N) is 2. The molecule has 0 radical (unpaired) electrons. The van der Waals surface area contributed by atoms with E-state index in [1.165, 1.54) is 12.1 Å². The molecule has 1 aromatic heterocycles. The molecular weight excluding hydrogens is 287 g/mol. The Kier molecular flexibility index (Phi) is 4.09. The number of likely N-dealkylation sites (tertiary alicyclic amines) is 1. The van der Waals surface area contributed by atoms with Gasteiger partial charge >= 0.3 is 0 Å². The maximum absolute atomic E-state index is 13.0. The lowest BCUT2D eigenvalue weighted by molar-refractivity contribution is -0.134. The zero-order valence-corrected chi connectivity index (χ0v) is 12.3. The molecule has 3 rings (SSSR count). The molecule has 22 heavy (non-hydrogen) atoms. The van der Waals surface area contributed by atoms with Gasteiger partial charge in [0.15, 0.2) is 6.61 Å². The molecule has 0 saturated carbocycles. The summed E-state index contributed by atoms with van der Waals surface area (Å²) in [5.74, 6) is 0.563. The van der Waals surface area contributed by atoms with Crippen molar-refractivity contribution in [2.75, 3.05) is 13.2 Å². The summed E-state index contributed by atoms with van der Waals surface area (Å²) in [5.41, 5.74) is 0.949. The van der Waals surface area contributed by atoms with Gasteiger partial charge in [-0.05, 0) is 42.6 Å². The third-order valence-corrected chi connectivity index (χ3v) is 3.78. The van der Waals surface area contributed by atoms with Crippen molar-refractivity contribution in [3.8, 4) is 5.88 Å². The first kappa shape index (κ1) is 14.6. The number of hydrogen-bond acceptors (Lipinski definition) is 4. The van der Waals surface area contributed by atoms with Crippen LogP contribution in [0.1, 0.15) is 30.2 Å². The first-order valence-corrected chi connectivity index (χ1v) is 7.24. The Balaban J connectivity index is 1.64. The van der Waals surface area contributed by atoms with Gasteiger partial charge in [0, 0.05) is 12.6 Å². The van der Waals surface area contributed by atoms with Gasteiger partial charge in [-0.15, -0.1) is 0 Å². The molecule has 1 aliphatic rings. The number of halogens is 1. The van der Waals surface area contributed by atoms with Crippen molar-refractivity contribution in [1.82, 2.24) is 10.1 Å². The molecule has 116 valence electrons. The lowest BCUT2D eigenvalue weighted by atomic mass is 10.0. The van der Waals surface area contributed by atoms with Crippen molar-refractivity contribution < 1.29 is 18.4 Å². The molecule has 2 heterocycles. The highest BCUT2D eigenvalue weighted by Gasteiger charge is 2.30. The van der Waals surface area contributed by atoms with E-state index in [9.17, 15) is 9.18 Å². The molecule has 0 aliphatic carbocycles. The van der Waals surface area contributed by atoms with Gasteiger partial charge in [-0.2, -0.15) is 0 Å². The van der Waals surface area contributed by atoms with Gasteiger partial charge in [0.2, 0.25) is 0 Å². The minimum atomic E-state index is -0.274. The highest BCUT2D eigenvalue weighted by Crippen LogP contribution is 2.32. The van der Waals surface area contributed by atoms with Gasteiger partial charge < -0.3 is 14.2 Å². The Morgan fingerprint density at radius 2 is 2.23 bits per heavy atom. The van der Waals surface area contributed by atoms with Crippen molar-refractivity contribution in [2.24, 2.45) is 0 Å². The zero-order valence-electron chi connectivity index (χ0n) is 12.3. The lowest BCUT2D eigenvalue weighted by Crippen LogP contribution is -2.34. The molecule has 6 heteroatoms. The van der Waals surface area contributed by atoms with Gasteiger partial charge in [0.1, 0.15) is 11.6 Å². The van der Waals surface area contributed by atoms with Crippen molar-refractivity contribution in [1.29, 1.82) is 0 Å². The summed E-state index contributed by atoms with van der Waals surface area (Å²) in [6, 6.07) is 7.92. The van der Waals surface area contributed by atoms with E-state index in [-0.39, 0.29) is 24.4 Å². The van der Waals surface area contributed by atoms with Crippen molar-refractivity contribution in [2.45, 2.75) is 25.8 Å². The SMILES string of the molecule is Cc1cc(OCC(=O)N2CCCC2c2ccc(F)cc2)no1. The number of aromatic nitrogens is 1. The van der Waals surface area contributed by atoms with E-state index in [1.807, 2.05) is 0 Å². The van der Waals surface area contributed by atoms with E-state index in [1.54, 1.807) is 30.0 Å².